The van der Waals surface area contributed by atoms with Gasteiger partial charge in [0.15, 0.2) is 0 Å². The normalized spacial score (nSPS) is 18.8. The van der Waals surface area contributed by atoms with Gasteiger partial charge >= 0.3 is 0 Å². The lowest BCUT2D eigenvalue weighted by atomic mass is 9.80. The number of nitro benzene ring substituents is 1. The van der Waals surface area contributed by atoms with E-state index < -0.39 is 4.92 Å². The van der Waals surface area contributed by atoms with Gasteiger partial charge < -0.3 is 5.32 Å². The first-order valence-corrected chi connectivity index (χ1v) is 8.24. The summed E-state index contributed by atoms with van der Waals surface area (Å²) in [4.78, 5) is 22.8. The van der Waals surface area contributed by atoms with Crippen LogP contribution in [0.1, 0.15) is 37.3 Å². The van der Waals surface area contributed by atoms with Crippen molar-refractivity contribution in [3.05, 3.63) is 70.3 Å². The first-order valence-electron chi connectivity index (χ1n) is 8.24. The van der Waals surface area contributed by atoms with Crippen molar-refractivity contribution >= 4 is 17.2 Å². The molecule has 1 unspecified atom stereocenters. The Morgan fingerprint density at radius 1 is 1.04 bits per heavy atom. The Morgan fingerprint density at radius 2 is 1.75 bits per heavy atom. The smallest absolute Gasteiger partial charge is 0.269 e. The first kappa shape index (κ1) is 16.2. The molecule has 0 aliphatic heterocycles. The van der Waals surface area contributed by atoms with Crippen LogP contribution in [0, 0.1) is 16.0 Å². The van der Waals surface area contributed by atoms with E-state index in [9.17, 15) is 14.9 Å². The third kappa shape index (κ3) is 3.62. The summed E-state index contributed by atoms with van der Waals surface area (Å²) in [5.41, 5.74) is 1.91. The second-order valence-electron chi connectivity index (χ2n) is 6.16. The molecule has 2 aromatic rings. The van der Waals surface area contributed by atoms with Crippen molar-refractivity contribution in [1.29, 1.82) is 0 Å². The van der Waals surface area contributed by atoms with Crippen molar-refractivity contribution < 1.29 is 9.72 Å². The van der Waals surface area contributed by atoms with Gasteiger partial charge in [0.05, 0.1) is 11.0 Å². The number of nitro groups is 1. The summed E-state index contributed by atoms with van der Waals surface area (Å²) in [5, 5.41) is 14.2. The largest absolute Gasteiger partial charge is 0.377 e. The molecule has 0 aromatic heterocycles. The van der Waals surface area contributed by atoms with Gasteiger partial charge in [0.25, 0.3) is 5.69 Å². The van der Waals surface area contributed by atoms with Crippen LogP contribution in [0.5, 0.6) is 0 Å². The molecule has 24 heavy (non-hydrogen) atoms. The highest BCUT2D eigenvalue weighted by molar-refractivity contribution is 5.83. The van der Waals surface area contributed by atoms with Crippen molar-refractivity contribution in [3.63, 3.8) is 0 Å². The predicted octanol–water partition coefficient (Wildman–Crippen LogP) is 4.51. The number of anilines is 1. The molecule has 0 spiro atoms. The second-order valence-corrected chi connectivity index (χ2v) is 6.16. The number of nitrogens with one attached hydrogen (secondary N) is 1. The Morgan fingerprint density at radius 3 is 2.38 bits per heavy atom. The van der Waals surface area contributed by atoms with Crippen molar-refractivity contribution in [2.75, 3.05) is 5.32 Å². The first-order chi connectivity index (χ1) is 11.6. The van der Waals surface area contributed by atoms with E-state index in [-0.39, 0.29) is 17.6 Å². The maximum absolute atomic E-state index is 12.4. The van der Waals surface area contributed by atoms with Gasteiger partial charge in [-0.25, -0.2) is 0 Å². The molecule has 124 valence electrons. The molecule has 1 aliphatic carbocycles. The highest BCUT2D eigenvalue weighted by Crippen LogP contribution is 2.35. The van der Waals surface area contributed by atoms with Crippen LogP contribution in [-0.4, -0.2) is 10.7 Å². The predicted molar refractivity (Wildman–Crippen MR) is 92.9 cm³/mol. The summed E-state index contributed by atoms with van der Waals surface area (Å²) in [7, 11) is 0. The third-order valence-corrected chi connectivity index (χ3v) is 4.56. The monoisotopic (exact) mass is 324 g/mol. The molecule has 1 aliphatic rings. The van der Waals surface area contributed by atoms with Gasteiger partial charge in [-0.05, 0) is 30.5 Å². The summed E-state index contributed by atoms with van der Waals surface area (Å²) >= 11 is 0. The number of hydrogen-bond donors (Lipinski definition) is 1. The van der Waals surface area contributed by atoms with Crippen LogP contribution >= 0.6 is 0 Å². The fourth-order valence-corrected chi connectivity index (χ4v) is 3.30. The number of hydrogen-bond acceptors (Lipinski definition) is 4. The van der Waals surface area contributed by atoms with Crippen molar-refractivity contribution in [3.8, 4) is 0 Å². The molecule has 1 saturated carbocycles. The van der Waals surface area contributed by atoms with Crippen LogP contribution in [0.25, 0.3) is 0 Å². The number of ketones is 1. The maximum atomic E-state index is 12.4. The van der Waals surface area contributed by atoms with E-state index in [1.807, 2.05) is 30.3 Å². The van der Waals surface area contributed by atoms with E-state index >= 15 is 0 Å². The molecule has 1 N–H and O–H groups in total. The summed E-state index contributed by atoms with van der Waals surface area (Å²) < 4.78 is 0. The SMILES string of the molecule is O=C1CCCCC1[C@@H](Nc1ccc([N+](=O)[O-])cc1)c1ccccc1. The Balaban J connectivity index is 1.87. The molecular weight excluding hydrogens is 304 g/mol. The van der Waals surface area contributed by atoms with Crippen molar-refractivity contribution in [2.45, 2.75) is 31.7 Å². The highest BCUT2D eigenvalue weighted by Gasteiger charge is 2.31. The summed E-state index contributed by atoms with van der Waals surface area (Å²) in [6, 6.07) is 16.2. The molecule has 2 aromatic carbocycles. The van der Waals surface area contributed by atoms with Crippen LogP contribution in [-0.2, 0) is 4.79 Å². The van der Waals surface area contributed by atoms with Gasteiger partial charge in [0.1, 0.15) is 5.78 Å². The van der Waals surface area contributed by atoms with Crippen LogP contribution in [0.3, 0.4) is 0 Å². The quantitative estimate of drug-likeness (QED) is 0.649. The van der Waals surface area contributed by atoms with Crippen molar-refractivity contribution in [2.24, 2.45) is 5.92 Å². The number of carbonyl (C=O) groups is 1. The minimum atomic E-state index is -0.414. The Kier molecular flexibility index (Phi) is 4.89. The number of nitrogens with zero attached hydrogens (tertiary/aromatic N) is 1. The fraction of sp³-hybridized carbons (Fsp3) is 0.316. The zero-order valence-electron chi connectivity index (χ0n) is 13.4. The molecular formula is C19H20N2O3. The van der Waals surface area contributed by atoms with E-state index in [2.05, 4.69) is 5.32 Å². The average molecular weight is 324 g/mol. The number of carbonyl (C=O) groups excluding carboxylic acids is 1. The molecule has 3 rings (SSSR count). The van der Waals surface area contributed by atoms with E-state index in [0.29, 0.717) is 12.2 Å². The standard InChI is InChI=1S/C19H20N2O3/c22-18-9-5-4-8-17(18)19(14-6-2-1-3-7-14)20-15-10-12-16(13-11-15)21(23)24/h1-3,6-7,10-13,17,19-20H,4-5,8-9H2/t17?,19-/m0/s1. The average Bonchev–Trinajstić information content (AvgIpc) is 2.61. The topological polar surface area (TPSA) is 72.2 Å². The lowest BCUT2D eigenvalue weighted by Gasteiger charge is -2.31. The molecule has 0 heterocycles. The van der Waals surface area contributed by atoms with E-state index in [1.165, 1.54) is 12.1 Å². The highest BCUT2D eigenvalue weighted by atomic mass is 16.6. The van der Waals surface area contributed by atoms with Crippen LogP contribution in [0.2, 0.25) is 0 Å². The summed E-state index contributed by atoms with van der Waals surface area (Å²) in [6.07, 6.45) is 3.53. The molecule has 0 radical (unpaired) electrons. The molecule has 1 fully saturated rings. The minimum absolute atomic E-state index is 0.0589. The Labute approximate surface area is 140 Å². The van der Waals surface area contributed by atoms with Gasteiger partial charge in [0, 0.05) is 30.2 Å². The number of Topliss-reactive ketones (excluding diaryl/α,β-unsaturated/α-hetero) is 1. The summed E-state index contributed by atoms with van der Waals surface area (Å²) in [5.74, 6) is 0.237. The molecule has 5 nitrogen and oxygen atoms in total. The van der Waals surface area contributed by atoms with E-state index in [0.717, 1.165) is 30.5 Å². The van der Waals surface area contributed by atoms with Gasteiger partial charge in [-0.15, -0.1) is 0 Å². The summed E-state index contributed by atoms with van der Waals surface area (Å²) in [6.45, 7) is 0. The van der Waals surface area contributed by atoms with E-state index in [4.69, 9.17) is 0 Å². The Bertz CT molecular complexity index is 713. The van der Waals surface area contributed by atoms with Crippen molar-refractivity contribution in [1.82, 2.24) is 0 Å². The minimum Gasteiger partial charge on any atom is -0.377 e. The lowest BCUT2D eigenvalue weighted by Crippen LogP contribution is -2.30. The van der Waals surface area contributed by atoms with Gasteiger partial charge in [-0.3, -0.25) is 14.9 Å². The number of benzene rings is 2. The van der Waals surface area contributed by atoms with E-state index in [1.54, 1.807) is 12.1 Å². The molecule has 0 amide bonds. The molecule has 0 saturated heterocycles. The van der Waals surface area contributed by atoms with Gasteiger partial charge in [-0.1, -0.05) is 36.8 Å². The zero-order chi connectivity index (χ0) is 16.9. The lowest BCUT2D eigenvalue weighted by molar-refractivity contribution is -0.384. The Hall–Kier alpha value is -2.69. The third-order valence-electron chi connectivity index (χ3n) is 4.56. The second kappa shape index (κ2) is 7.25. The van der Waals surface area contributed by atoms with Crippen LogP contribution in [0.15, 0.2) is 54.6 Å². The van der Waals surface area contributed by atoms with Gasteiger partial charge in [0.2, 0.25) is 0 Å². The number of rotatable bonds is 5. The molecule has 0 bridgehead atoms. The van der Waals surface area contributed by atoms with Crippen LogP contribution in [0.4, 0.5) is 11.4 Å². The van der Waals surface area contributed by atoms with Gasteiger partial charge in [-0.2, -0.15) is 0 Å². The van der Waals surface area contributed by atoms with Crippen LogP contribution < -0.4 is 5.32 Å². The molecule has 2 atom stereocenters. The number of non-ortho nitro benzene ring substituents is 1. The maximum Gasteiger partial charge on any atom is 0.269 e. The molecule has 5 heteroatoms. The zero-order valence-corrected chi connectivity index (χ0v) is 13.4. The fourth-order valence-electron chi connectivity index (χ4n) is 3.30.